The lowest BCUT2D eigenvalue weighted by molar-refractivity contribution is -0.107. The van der Waals surface area contributed by atoms with Gasteiger partial charge in [-0.2, -0.15) is 0 Å². The number of aldehydes is 1. The van der Waals surface area contributed by atoms with Gasteiger partial charge < -0.3 is 4.79 Å². The molecule has 0 amide bonds. The van der Waals surface area contributed by atoms with Crippen LogP contribution in [0.15, 0.2) is 23.8 Å². The Balaban J connectivity index is 2.20. The number of carbonyl (C=O) groups is 1. The summed E-state index contributed by atoms with van der Waals surface area (Å²) in [6.45, 7) is 6.74. The smallest absolute Gasteiger partial charge is 0.120 e. The molecule has 0 aromatic heterocycles. The minimum absolute atomic E-state index is 0.337. The molecule has 0 aliphatic heterocycles. The number of rotatable bonds is 4. The first-order valence-electron chi connectivity index (χ1n) is 6.77. The van der Waals surface area contributed by atoms with Crippen molar-refractivity contribution >= 4 is 12.4 Å². The van der Waals surface area contributed by atoms with Gasteiger partial charge in [-0.05, 0) is 48.3 Å². The summed E-state index contributed by atoms with van der Waals surface area (Å²) in [5, 5.41) is 0. The van der Waals surface area contributed by atoms with Crippen molar-refractivity contribution in [2.45, 2.75) is 51.9 Å². The molecule has 0 N–H and O–H groups in total. The van der Waals surface area contributed by atoms with Gasteiger partial charge in [0.25, 0.3) is 0 Å². The van der Waals surface area contributed by atoms with E-state index in [9.17, 15) is 4.79 Å². The normalized spacial score (nSPS) is 17.6. The van der Waals surface area contributed by atoms with Crippen molar-refractivity contribution in [1.29, 1.82) is 0 Å². The maximum Gasteiger partial charge on any atom is 0.120 e. The van der Waals surface area contributed by atoms with Crippen LogP contribution in [0.5, 0.6) is 0 Å². The zero-order chi connectivity index (χ0) is 13.2. The number of allylic oxidation sites excluding steroid dienone is 1. The van der Waals surface area contributed by atoms with E-state index < -0.39 is 0 Å². The van der Waals surface area contributed by atoms with E-state index in [0.717, 1.165) is 12.7 Å². The highest BCUT2D eigenvalue weighted by atomic mass is 16.1. The third-order valence-corrected chi connectivity index (χ3v) is 3.95. The average Bonchev–Trinajstić information content (AvgIpc) is 2.62. The molecular formula is C17H22O. The number of hydrogen-bond acceptors (Lipinski definition) is 1. The van der Waals surface area contributed by atoms with Crippen LogP contribution in [0.2, 0.25) is 0 Å². The predicted molar refractivity (Wildman–Crippen MR) is 76.7 cm³/mol. The summed E-state index contributed by atoms with van der Waals surface area (Å²) in [6, 6.07) is 6.80. The third kappa shape index (κ3) is 2.72. The topological polar surface area (TPSA) is 17.1 Å². The molecule has 2 rings (SSSR count). The first-order chi connectivity index (χ1) is 8.53. The summed E-state index contributed by atoms with van der Waals surface area (Å²) >= 11 is 0. The first-order valence-corrected chi connectivity index (χ1v) is 6.77. The lowest BCUT2D eigenvalue weighted by Gasteiger charge is -2.18. The third-order valence-electron chi connectivity index (χ3n) is 3.95. The van der Waals surface area contributed by atoms with Crippen LogP contribution in [-0.4, -0.2) is 6.29 Å². The fraction of sp³-hybridized carbons (Fsp3) is 0.471. The number of fused-ring (bicyclic) bond motifs is 1. The molecule has 0 spiro atoms. The molecular weight excluding hydrogens is 220 g/mol. The second-order valence-electron chi connectivity index (χ2n) is 6.00. The van der Waals surface area contributed by atoms with Crippen molar-refractivity contribution in [1.82, 2.24) is 0 Å². The van der Waals surface area contributed by atoms with Crippen molar-refractivity contribution in [2.75, 3.05) is 0 Å². The number of hydrogen-bond donors (Lipinski definition) is 0. The molecule has 0 unspecified atom stereocenters. The second-order valence-corrected chi connectivity index (χ2v) is 6.00. The van der Waals surface area contributed by atoms with Crippen LogP contribution in [0.25, 0.3) is 6.08 Å². The molecule has 1 aromatic carbocycles. The molecule has 1 aliphatic rings. The van der Waals surface area contributed by atoms with Crippen molar-refractivity contribution in [3.05, 3.63) is 40.5 Å². The Bertz CT molecular complexity index is 480. The largest absolute Gasteiger partial charge is 0.303 e. The summed E-state index contributed by atoms with van der Waals surface area (Å²) in [7, 11) is 0. The molecule has 0 atom stereocenters. The predicted octanol–water partition coefficient (Wildman–Crippen LogP) is 4.29. The minimum atomic E-state index is 0.337. The van der Waals surface area contributed by atoms with E-state index in [2.05, 4.69) is 45.0 Å². The fourth-order valence-corrected chi connectivity index (χ4v) is 2.80. The van der Waals surface area contributed by atoms with Crippen LogP contribution in [0, 0.1) is 0 Å². The van der Waals surface area contributed by atoms with E-state index >= 15 is 0 Å². The Kier molecular flexibility index (Phi) is 3.70. The van der Waals surface area contributed by atoms with Crippen LogP contribution >= 0.6 is 0 Å². The second kappa shape index (κ2) is 5.09. The number of benzene rings is 1. The molecule has 0 saturated heterocycles. The van der Waals surface area contributed by atoms with Gasteiger partial charge in [0.05, 0.1) is 0 Å². The van der Waals surface area contributed by atoms with Crippen LogP contribution < -0.4 is 0 Å². The van der Waals surface area contributed by atoms with Crippen LogP contribution in [0.4, 0.5) is 0 Å². The summed E-state index contributed by atoms with van der Waals surface area (Å²) in [6.07, 6.45) is 7.13. The van der Waals surface area contributed by atoms with Crippen LogP contribution in [0.3, 0.4) is 0 Å². The maximum absolute atomic E-state index is 10.4. The van der Waals surface area contributed by atoms with E-state index in [0.29, 0.717) is 11.8 Å². The zero-order valence-corrected chi connectivity index (χ0v) is 11.6. The van der Waals surface area contributed by atoms with Gasteiger partial charge in [0.2, 0.25) is 0 Å². The van der Waals surface area contributed by atoms with Gasteiger partial charge in [0, 0.05) is 6.42 Å². The first kappa shape index (κ1) is 13.1. The number of carbonyl (C=O) groups excluding carboxylic acids is 1. The Labute approximate surface area is 110 Å². The molecule has 1 heteroatoms. The molecule has 1 nitrogen and oxygen atoms in total. The van der Waals surface area contributed by atoms with Crippen LogP contribution in [0.1, 0.15) is 56.7 Å². The van der Waals surface area contributed by atoms with Gasteiger partial charge in [0.15, 0.2) is 0 Å². The van der Waals surface area contributed by atoms with Gasteiger partial charge in [-0.25, -0.2) is 0 Å². The highest BCUT2D eigenvalue weighted by Crippen LogP contribution is 2.38. The van der Waals surface area contributed by atoms with E-state index in [-0.39, 0.29) is 0 Å². The molecule has 1 aromatic rings. The van der Waals surface area contributed by atoms with E-state index in [1.54, 1.807) is 0 Å². The average molecular weight is 242 g/mol. The van der Waals surface area contributed by atoms with E-state index in [1.165, 1.54) is 35.1 Å². The van der Waals surface area contributed by atoms with Crippen molar-refractivity contribution in [3.63, 3.8) is 0 Å². The Morgan fingerprint density at radius 2 is 2.17 bits per heavy atom. The van der Waals surface area contributed by atoms with Crippen molar-refractivity contribution < 1.29 is 4.79 Å². The summed E-state index contributed by atoms with van der Waals surface area (Å²) in [5.74, 6) is 0. The van der Waals surface area contributed by atoms with Gasteiger partial charge in [-0.15, -0.1) is 0 Å². The van der Waals surface area contributed by atoms with E-state index in [4.69, 9.17) is 0 Å². The quantitative estimate of drug-likeness (QED) is 0.720. The standard InChI is InChI=1S/C17H22O/c1-13(5-4-10-18)11-14-6-7-16-15(12-14)8-9-17(16,2)3/h6-7,10-12H,4-5,8-9H2,1-3H3. The van der Waals surface area contributed by atoms with Gasteiger partial charge >= 0.3 is 0 Å². The molecule has 0 saturated carbocycles. The number of aryl methyl sites for hydroxylation is 1. The zero-order valence-electron chi connectivity index (χ0n) is 11.6. The van der Waals surface area contributed by atoms with Gasteiger partial charge in [0.1, 0.15) is 6.29 Å². The molecule has 96 valence electrons. The maximum atomic E-state index is 10.4. The van der Waals surface area contributed by atoms with Crippen molar-refractivity contribution in [2.24, 2.45) is 0 Å². The van der Waals surface area contributed by atoms with Crippen LogP contribution in [-0.2, 0) is 16.6 Å². The molecule has 0 radical (unpaired) electrons. The minimum Gasteiger partial charge on any atom is -0.303 e. The molecule has 18 heavy (non-hydrogen) atoms. The van der Waals surface area contributed by atoms with Gasteiger partial charge in [-0.1, -0.05) is 43.7 Å². The summed E-state index contributed by atoms with van der Waals surface area (Å²) in [5.41, 5.74) is 5.89. The monoisotopic (exact) mass is 242 g/mol. The van der Waals surface area contributed by atoms with E-state index in [1.807, 2.05) is 0 Å². The summed E-state index contributed by atoms with van der Waals surface area (Å²) < 4.78 is 0. The Morgan fingerprint density at radius 1 is 1.39 bits per heavy atom. The SMILES string of the molecule is CC(=Cc1ccc2c(c1)CCC2(C)C)CCC=O. The molecule has 0 bridgehead atoms. The lowest BCUT2D eigenvalue weighted by atomic mass is 9.86. The molecule has 0 fully saturated rings. The lowest BCUT2D eigenvalue weighted by Crippen LogP contribution is -2.11. The Hall–Kier alpha value is -1.37. The van der Waals surface area contributed by atoms with Gasteiger partial charge in [-0.3, -0.25) is 0 Å². The van der Waals surface area contributed by atoms with Crippen molar-refractivity contribution in [3.8, 4) is 0 Å². The fourth-order valence-electron chi connectivity index (χ4n) is 2.80. The highest BCUT2D eigenvalue weighted by molar-refractivity contribution is 5.57. The summed E-state index contributed by atoms with van der Waals surface area (Å²) in [4.78, 5) is 10.4. The highest BCUT2D eigenvalue weighted by Gasteiger charge is 2.29. The molecule has 0 heterocycles. The Morgan fingerprint density at radius 3 is 2.89 bits per heavy atom. The molecule has 1 aliphatic carbocycles.